The first kappa shape index (κ1) is 26.7. The van der Waals surface area contributed by atoms with E-state index < -0.39 is 8.07 Å². The quantitative estimate of drug-likeness (QED) is 0.191. The van der Waals surface area contributed by atoms with Crippen molar-refractivity contribution >= 4 is 42.5 Å². The lowest BCUT2D eigenvalue weighted by Gasteiger charge is -2.38. The summed E-state index contributed by atoms with van der Waals surface area (Å²) in [5.41, 5.74) is 6.40. The Morgan fingerprint density at radius 2 is 1.66 bits per heavy atom. The van der Waals surface area contributed by atoms with Gasteiger partial charge in [-0.25, -0.2) is 9.97 Å². The Kier molecular flexibility index (Phi) is 8.24. The Morgan fingerprint density at radius 1 is 1.06 bits per heavy atom. The zero-order valence-corrected chi connectivity index (χ0v) is 23.6. The fraction of sp³-hybridized carbons (Fsp3) is 0.407. The van der Waals surface area contributed by atoms with E-state index in [1.807, 2.05) is 36.6 Å². The third-order valence-electron chi connectivity index (χ3n) is 6.66. The van der Waals surface area contributed by atoms with Crippen molar-refractivity contribution in [2.24, 2.45) is 0 Å². The van der Waals surface area contributed by atoms with Gasteiger partial charge in [0.25, 0.3) is 5.56 Å². The molecule has 0 aliphatic heterocycles. The largest absolute Gasteiger partial charge is 0.321 e. The van der Waals surface area contributed by atoms with Gasteiger partial charge in [0.2, 0.25) is 5.91 Å². The molecule has 35 heavy (non-hydrogen) atoms. The van der Waals surface area contributed by atoms with E-state index in [1.54, 1.807) is 6.20 Å². The molecule has 0 aliphatic carbocycles. The fourth-order valence-electron chi connectivity index (χ4n) is 5.09. The summed E-state index contributed by atoms with van der Waals surface area (Å²) >= 11 is 1.41. The molecular weight excluding hydrogens is 472 g/mol. The zero-order chi connectivity index (χ0) is 25.9. The number of carbonyl (C=O) groups is 1. The summed E-state index contributed by atoms with van der Waals surface area (Å²) in [5, 5.41) is 3.98. The maximum absolute atomic E-state index is 13.9. The van der Waals surface area contributed by atoms with Gasteiger partial charge in [-0.05, 0) is 35.0 Å². The topological polar surface area (TPSA) is 76.9 Å². The Balaban J connectivity index is 2.50. The second-order valence-electron chi connectivity index (χ2n) is 9.65. The molecule has 1 amide bonds. The first-order valence-corrected chi connectivity index (χ1v) is 15.4. The Bertz CT molecular complexity index is 1330. The molecule has 0 spiro atoms. The summed E-state index contributed by atoms with van der Waals surface area (Å²) in [4.78, 5) is 35.3. The van der Waals surface area contributed by atoms with Crippen LogP contribution in [0.25, 0.3) is 16.7 Å². The van der Waals surface area contributed by atoms with Gasteiger partial charge < -0.3 is 5.32 Å². The lowest BCUT2D eigenvalue weighted by Crippen LogP contribution is -2.43. The van der Waals surface area contributed by atoms with Crippen LogP contribution in [0, 0.1) is 11.5 Å². The molecule has 0 fully saturated rings. The fourth-order valence-corrected chi connectivity index (χ4v) is 10.6. The molecule has 0 unspecified atom stereocenters. The van der Waals surface area contributed by atoms with E-state index in [2.05, 4.69) is 63.3 Å². The number of para-hydroxylation sites is 1. The highest BCUT2D eigenvalue weighted by Gasteiger charge is 2.41. The molecule has 8 heteroatoms. The van der Waals surface area contributed by atoms with Gasteiger partial charge in [-0.1, -0.05) is 77.4 Å². The number of aromatic nitrogens is 3. The smallest absolute Gasteiger partial charge is 0.281 e. The number of anilines is 1. The first-order valence-electron chi connectivity index (χ1n) is 11.9. The van der Waals surface area contributed by atoms with Crippen LogP contribution in [-0.4, -0.2) is 34.8 Å². The van der Waals surface area contributed by atoms with E-state index >= 15 is 0 Å². The third-order valence-corrected chi connectivity index (χ3v) is 13.5. The molecule has 184 valence electrons. The van der Waals surface area contributed by atoms with Crippen molar-refractivity contribution in [1.29, 1.82) is 0 Å². The lowest BCUT2D eigenvalue weighted by atomic mass is 10.1. The standard InChI is InChI=1S/C27H34N4O2SSi/c1-17(2)35(18(3)4,19(5)6)15-14-22-23-16-28-27(34-8)30-25(23)31(21-12-10-9-11-13-21)26(33)24(22)29-20(7)32/h9-13,16-19H,1-8H3,(H,29,32). The van der Waals surface area contributed by atoms with Gasteiger partial charge >= 0.3 is 0 Å². The molecule has 0 aliphatic rings. The molecule has 3 aromatic rings. The number of carbonyl (C=O) groups excluding carboxylic acids is 1. The van der Waals surface area contributed by atoms with Crippen molar-refractivity contribution in [1.82, 2.24) is 14.5 Å². The van der Waals surface area contributed by atoms with Crippen LogP contribution < -0.4 is 10.9 Å². The minimum Gasteiger partial charge on any atom is -0.321 e. The maximum Gasteiger partial charge on any atom is 0.281 e. The minimum atomic E-state index is -2.10. The molecule has 0 atom stereocenters. The minimum absolute atomic E-state index is 0.168. The average molecular weight is 507 g/mol. The third kappa shape index (κ3) is 5.07. The van der Waals surface area contributed by atoms with Gasteiger partial charge in [0.15, 0.2) is 10.8 Å². The maximum atomic E-state index is 13.9. The molecule has 0 bridgehead atoms. The van der Waals surface area contributed by atoms with Gasteiger partial charge in [-0.15, -0.1) is 5.54 Å². The summed E-state index contributed by atoms with van der Waals surface area (Å²) in [7, 11) is -2.10. The van der Waals surface area contributed by atoms with Crippen LogP contribution >= 0.6 is 11.8 Å². The predicted octanol–water partition coefficient (Wildman–Crippen LogP) is 6.03. The molecule has 2 aromatic heterocycles. The van der Waals surface area contributed by atoms with E-state index in [0.717, 1.165) is 0 Å². The number of fused-ring (bicyclic) bond motifs is 1. The van der Waals surface area contributed by atoms with Crippen LogP contribution in [0.15, 0.2) is 46.5 Å². The Hall–Kier alpha value is -2.89. The summed E-state index contributed by atoms with van der Waals surface area (Å²) in [6.07, 6.45) is 3.61. The summed E-state index contributed by atoms with van der Waals surface area (Å²) in [6, 6.07) is 9.31. The van der Waals surface area contributed by atoms with E-state index in [4.69, 9.17) is 4.98 Å². The van der Waals surface area contributed by atoms with Crippen LogP contribution in [0.5, 0.6) is 0 Å². The summed E-state index contributed by atoms with van der Waals surface area (Å²) in [6.45, 7) is 14.9. The summed E-state index contributed by atoms with van der Waals surface area (Å²) in [5.74, 6) is 3.07. The van der Waals surface area contributed by atoms with Crippen LogP contribution in [0.3, 0.4) is 0 Å². The number of benzene rings is 1. The van der Waals surface area contributed by atoms with Crippen molar-refractivity contribution in [3.05, 3.63) is 52.4 Å². The van der Waals surface area contributed by atoms with Crippen LogP contribution in [0.4, 0.5) is 5.69 Å². The second-order valence-corrected chi connectivity index (χ2v) is 16.0. The average Bonchev–Trinajstić information content (AvgIpc) is 2.80. The molecule has 6 nitrogen and oxygen atoms in total. The van der Waals surface area contributed by atoms with E-state index in [0.29, 0.717) is 44.1 Å². The Labute approximate surface area is 213 Å². The van der Waals surface area contributed by atoms with E-state index in [9.17, 15) is 9.59 Å². The molecular formula is C27H34N4O2SSi. The lowest BCUT2D eigenvalue weighted by molar-refractivity contribution is -0.114. The number of thioether (sulfide) groups is 1. The van der Waals surface area contributed by atoms with Gasteiger partial charge in [0.1, 0.15) is 13.8 Å². The highest BCUT2D eigenvalue weighted by molar-refractivity contribution is 7.98. The first-order chi connectivity index (χ1) is 16.5. The molecule has 1 N–H and O–H groups in total. The predicted molar refractivity (Wildman–Crippen MR) is 149 cm³/mol. The number of hydrogen-bond acceptors (Lipinski definition) is 5. The van der Waals surface area contributed by atoms with Crippen LogP contribution in [0.1, 0.15) is 54.0 Å². The number of rotatable bonds is 6. The molecule has 0 saturated heterocycles. The van der Waals surface area contributed by atoms with Crippen molar-refractivity contribution in [3.63, 3.8) is 0 Å². The monoisotopic (exact) mass is 506 g/mol. The number of amides is 1. The summed E-state index contributed by atoms with van der Waals surface area (Å²) < 4.78 is 1.53. The molecule has 1 aromatic carbocycles. The second kappa shape index (κ2) is 10.8. The Morgan fingerprint density at radius 3 is 2.17 bits per heavy atom. The zero-order valence-electron chi connectivity index (χ0n) is 21.8. The number of nitrogens with one attached hydrogen (secondary N) is 1. The van der Waals surface area contributed by atoms with Crippen molar-refractivity contribution in [3.8, 4) is 17.2 Å². The molecule has 0 radical (unpaired) electrons. The van der Waals surface area contributed by atoms with E-state index in [1.165, 1.54) is 23.3 Å². The molecule has 2 heterocycles. The van der Waals surface area contributed by atoms with Gasteiger partial charge in [0.05, 0.1) is 16.6 Å². The van der Waals surface area contributed by atoms with Crippen molar-refractivity contribution < 1.29 is 4.79 Å². The number of pyridine rings is 1. The van der Waals surface area contributed by atoms with Gasteiger partial charge in [-0.3, -0.25) is 14.2 Å². The highest BCUT2D eigenvalue weighted by atomic mass is 32.2. The van der Waals surface area contributed by atoms with Gasteiger partial charge in [-0.2, -0.15) is 0 Å². The number of nitrogens with zero attached hydrogens (tertiary/aromatic N) is 3. The van der Waals surface area contributed by atoms with E-state index in [-0.39, 0.29) is 17.2 Å². The number of hydrogen-bond donors (Lipinski definition) is 1. The highest BCUT2D eigenvalue weighted by Crippen LogP contribution is 2.41. The van der Waals surface area contributed by atoms with Crippen molar-refractivity contribution in [2.75, 3.05) is 11.6 Å². The normalized spacial score (nSPS) is 11.7. The molecule has 0 saturated carbocycles. The van der Waals surface area contributed by atoms with Crippen LogP contribution in [-0.2, 0) is 4.79 Å². The van der Waals surface area contributed by atoms with Gasteiger partial charge in [0, 0.05) is 13.1 Å². The van der Waals surface area contributed by atoms with Crippen LogP contribution in [0.2, 0.25) is 16.6 Å². The van der Waals surface area contributed by atoms with Crippen molar-refractivity contribution in [2.45, 2.75) is 70.2 Å². The SMILES string of the molecule is CSc1ncc2c(C#C[Si](C(C)C)(C(C)C)C(C)C)c(NC(C)=O)c(=O)n(-c3ccccc3)c2n1. The molecule has 3 rings (SSSR count).